The van der Waals surface area contributed by atoms with Crippen LogP contribution in [0, 0.1) is 0 Å². The second-order valence-corrected chi connectivity index (χ2v) is 8.80. The van der Waals surface area contributed by atoms with Crippen LogP contribution in [0.5, 0.6) is 0 Å². The van der Waals surface area contributed by atoms with Gasteiger partial charge in [-0.15, -0.1) is 0 Å². The number of aliphatic hydroxyl groups is 1. The van der Waals surface area contributed by atoms with E-state index in [-0.39, 0.29) is 32.2 Å². The van der Waals surface area contributed by atoms with Crippen molar-refractivity contribution >= 4 is 19.4 Å². The summed E-state index contributed by atoms with van der Waals surface area (Å²) in [6.45, 7) is 0.415. The van der Waals surface area contributed by atoms with E-state index in [9.17, 15) is 5.11 Å². The fourth-order valence-electron chi connectivity index (χ4n) is 3.34. The van der Waals surface area contributed by atoms with Crippen LogP contribution in [-0.2, 0) is 18.9 Å². The van der Waals surface area contributed by atoms with E-state index in [1.165, 1.54) is 4.46 Å². The van der Waals surface area contributed by atoms with Gasteiger partial charge in [-0.1, -0.05) is 0 Å². The maximum atomic E-state index is 10.8. The molecule has 2 aromatic rings. The number of methoxy groups -OCH3 is 1. The molecule has 4 rings (SSSR count). The predicted octanol–water partition coefficient (Wildman–Crippen LogP) is 1.23. The molecule has 138 valence electrons. The third-order valence-electron chi connectivity index (χ3n) is 4.65. The SMILES string of the molecule is CO[C@@H]1[C@@H](O)[C@H]([Se]c2ccccc2)O[C@@H]2CO[C@@H](c3ccccc3)O[C@@H]12. The number of rotatable bonds is 4. The van der Waals surface area contributed by atoms with E-state index < -0.39 is 18.5 Å². The Morgan fingerprint density at radius 3 is 2.38 bits per heavy atom. The van der Waals surface area contributed by atoms with Crippen LogP contribution in [0.15, 0.2) is 60.7 Å². The fraction of sp³-hybridized carbons (Fsp3) is 0.400. The van der Waals surface area contributed by atoms with Gasteiger partial charge >= 0.3 is 159 Å². The molecule has 1 N–H and O–H groups in total. The normalized spacial score (nSPS) is 34.2. The van der Waals surface area contributed by atoms with Gasteiger partial charge < -0.3 is 0 Å². The molecule has 6 heteroatoms. The number of fused-ring (bicyclic) bond motifs is 1. The predicted molar refractivity (Wildman–Crippen MR) is 97.3 cm³/mol. The van der Waals surface area contributed by atoms with Crippen molar-refractivity contribution in [1.82, 2.24) is 0 Å². The topological polar surface area (TPSA) is 57.2 Å². The molecule has 0 spiro atoms. The van der Waals surface area contributed by atoms with Crippen molar-refractivity contribution in [3.8, 4) is 0 Å². The van der Waals surface area contributed by atoms with E-state index in [4.69, 9.17) is 18.9 Å². The van der Waals surface area contributed by atoms with E-state index in [0.29, 0.717) is 6.61 Å². The zero-order valence-electron chi connectivity index (χ0n) is 14.4. The number of hydrogen-bond acceptors (Lipinski definition) is 5. The van der Waals surface area contributed by atoms with Crippen LogP contribution in [0.1, 0.15) is 11.9 Å². The molecule has 2 aromatic carbocycles. The van der Waals surface area contributed by atoms with Gasteiger partial charge in [-0.3, -0.25) is 0 Å². The summed E-state index contributed by atoms with van der Waals surface area (Å²) in [7, 11) is 1.61. The second kappa shape index (κ2) is 8.19. The van der Waals surface area contributed by atoms with Crippen molar-refractivity contribution in [3.05, 3.63) is 66.2 Å². The number of aliphatic hydroxyl groups excluding tert-OH is 1. The summed E-state index contributed by atoms with van der Waals surface area (Å²) in [5, 5.41) is 10.5. The van der Waals surface area contributed by atoms with Gasteiger partial charge in [-0.25, -0.2) is 0 Å². The first-order chi connectivity index (χ1) is 12.8. The molecule has 2 fully saturated rings. The van der Waals surface area contributed by atoms with Crippen molar-refractivity contribution in [2.45, 2.75) is 35.7 Å². The second-order valence-electron chi connectivity index (χ2n) is 6.34. The first-order valence-electron chi connectivity index (χ1n) is 8.66. The molecule has 0 radical (unpaired) electrons. The summed E-state index contributed by atoms with van der Waals surface area (Å²) >= 11 is -0.0291. The molecule has 2 aliphatic heterocycles. The van der Waals surface area contributed by atoms with E-state index in [1.54, 1.807) is 7.11 Å². The van der Waals surface area contributed by atoms with E-state index in [2.05, 4.69) is 12.1 Å². The molecule has 0 saturated carbocycles. The van der Waals surface area contributed by atoms with Crippen molar-refractivity contribution in [1.29, 1.82) is 0 Å². The van der Waals surface area contributed by atoms with Crippen LogP contribution >= 0.6 is 0 Å². The Kier molecular flexibility index (Phi) is 5.72. The molecule has 26 heavy (non-hydrogen) atoms. The van der Waals surface area contributed by atoms with Crippen LogP contribution in [0.25, 0.3) is 0 Å². The van der Waals surface area contributed by atoms with Gasteiger partial charge in [0.15, 0.2) is 0 Å². The standard InChI is InChI=1S/C20H22O5Se/c1-22-18-16(21)20(26-14-10-6-3-7-11-14)24-15-12-23-19(25-17(15)18)13-8-4-2-5-9-13/h2-11,15-21H,12H2,1H3/t15-,16-,17-,18-,19-,20+/m1/s1. The molecule has 6 atom stereocenters. The Morgan fingerprint density at radius 1 is 1.00 bits per heavy atom. The van der Waals surface area contributed by atoms with Crippen molar-refractivity contribution in [2.75, 3.05) is 13.7 Å². The van der Waals surface area contributed by atoms with E-state index in [1.807, 2.05) is 48.5 Å². The molecule has 0 amide bonds. The van der Waals surface area contributed by atoms with Crippen molar-refractivity contribution < 1.29 is 24.1 Å². The Balaban J connectivity index is 1.49. The van der Waals surface area contributed by atoms with Crippen LogP contribution < -0.4 is 4.46 Å². The quantitative estimate of drug-likeness (QED) is 0.753. The summed E-state index contributed by atoms with van der Waals surface area (Å²) in [5.74, 6) is 0. The van der Waals surface area contributed by atoms with E-state index in [0.717, 1.165) is 5.56 Å². The van der Waals surface area contributed by atoms with Gasteiger partial charge in [0.05, 0.1) is 0 Å². The summed E-state index contributed by atoms with van der Waals surface area (Å²) in [4.78, 5) is 0. The van der Waals surface area contributed by atoms with Crippen LogP contribution in [0.4, 0.5) is 0 Å². The van der Waals surface area contributed by atoms with Gasteiger partial charge in [0, 0.05) is 0 Å². The minimum atomic E-state index is -0.740. The molecule has 2 saturated heterocycles. The zero-order chi connectivity index (χ0) is 17.9. The molecular formula is C20H22O5Se. The maximum absolute atomic E-state index is 10.8. The third kappa shape index (κ3) is 3.73. The summed E-state index contributed by atoms with van der Waals surface area (Å²) < 4.78 is 25.0. The van der Waals surface area contributed by atoms with Crippen LogP contribution in [-0.4, -0.2) is 63.2 Å². The number of hydrogen-bond donors (Lipinski definition) is 1. The zero-order valence-corrected chi connectivity index (χ0v) is 16.1. The first kappa shape index (κ1) is 18.1. The Morgan fingerprint density at radius 2 is 1.69 bits per heavy atom. The Hall–Kier alpha value is -1.24. The first-order valence-corrected chi connectivity index (χ1v) is 10.5. The fourth-order valence-corrected chi connectivity index (χ4v) is 5.60. The molecule has 5 nitrogen and oxygen atoms in total. The number of benzene rings is 2. The Bertz CT molecular complexity index is 698. The molecule has 0 aromatic heterocycles. The summed E-state index contributed by atoms with van der Waals surface area (Å²) in [6.07, 6.45) is -2.27. The molecular weight excluding hydrogens is 399 g/mol. The van der Waals surface area contributed by atoms with Crippen molar-refractivity contribution in [2.24, 2.45) is 0 Å². The third-order valence-corrected chi connectivity index (χ3v) is 7.09. The average Bonchev–Trinajstić information content (AvgIpc) is 2.70. The molecule has 0 aliphatic carbocycles. The minimum absolute atomic E-state index is 0.0291. The molecule has 2 aliphatic rings. The Labute approximate surface area is 159 Å². The van der Waals surface area contributed by atoms with Gasteiger partial charge in [0.1, 0.15) is 0 Å². The number of ether oxygens (including phenoxy) is 4. The van der Waals surface area contributed by atoms with E-state index >= 15 is 0 Å². The summed E-state index contributed by atoms with van der Waals surface area (Å²) in [6, 6.07) is 19.9. The van der Waals surface area contributed by atoms with Gasteiger partial charge in [-0.2, -0.15) is 0 Å². The molecule has 0 unspecified atom stereocenters. The molecule has 2 heterocycles. The molecule has 0 bridgehead atoms. The van der Waals surface area contributed by atoms with Crippen molar-refractivity contribution in [3.63, 3.8) is 0 Å². The van der Waals surface area contributed by atoms with Gasteiger partial charge in [-0.05, 0) is 0 Å². The van der Waals surface area contributed by atoms with Gasteiger partial charge in [0.25, 0.3) is 0 Å². The average molecular weight is 421 g/mol. The van der Waals surface area contributed by atoms with Crippen LogP contribution in [0.2, 0.25) is 0 Å². The monoisotopic (exact) mass is 422 g/mol. The van der Waals surface area contributed by atoms with Gasteiger partial charge in [0.2, 0.25) is 0 Å². The summed E-state index contributed by atoms with van der Waals surface area (Å²) in [5.41, 5.74) is 0.950. The van der Waals surface area contributed by atoms with Crippen LogP contribution in [0.3, 0.4) is 0 Å².